The number of nitrogens with zero attached hydrogens (tertiary/aromatic N) is 4. The summed E-state index contributed by atoms with van der Waals surface area (Å²) in [4.78, 5) is 23.1. The number of amides is 1. The molecule has 1 amide bonds. The highest BCUT2D eigenvalue weighted by Crippen LogP contribution is 2.38. The van der Waals surface area contributed by atoms with E-state index in [2.05, 4.69) is 9.97 Å². The van der Waals surface area contributed by atoms with Crippen LogP contribution in [0.4, 0.5) is 0 Å². The molecular weight excluding hydrogens is 523 g/mol. The number of sulfone groups is 1. The molecule has 11 heteroatoms. The molecule has 36 heavy (non-hydrogen) atoms. The van der Waals surface area contributed by atoms with E-state index in [0.29, 0.717) is 40.1 Å². The van der Waals surface area contributed by atoms with E-state index in [0.717, 1.165) is 11.8 Å². The van der Waals surface area contributed by atoms with Crippen LogP contribution in [0.15, 0.2) is 59.9 Å². The van der Waals surface area contributed by atoms with Gasteiger partial charge >= 0.3 is 0 Å². The maximum atomic E-state index is 13.3. The number of carbonyl (C=O) groups excluding carboxylic acids is 1. The minimum absolute atomic E-state index is 0.0935. The molecule has 0 radical (unpaired) electrons. The smallest absolute Gasteiger partial charge is 0.255 e. The molecular formula is C25H22Cl2N4O4S. The lowest BCUT2D eigenvalue weighted by Gasteiger charge is -2.25. The average molecular weight is 545 g/mol. The van der Waals surface area contributed by atoms with E-state index >= 15 is 0 Å². The molecule has 0 saturated carbocycles. The van der Waals surface area contributed by atoms with Crippen LogP contribution >= 0.6 is 23.2 Å². The van der Waals surface area contributed by atoms with Gasteiger partial charge in [-0.25, -0.2) is 18.4 Å². The molecule has 0 spiro atoms. The zero-order valence-corrected chi connectivity index (χ0v) is 21.8. The van der Waals surface area contributed by atoms with E-state index in [-0.39, 0.29) is 28.9 Å². The molecule has 8 nitrogen and oxygen atoms in total. The fourth-order valence-electron chi connectivity index (χ4n) is 4.27. The third kappa shape index (κ3) is 5.62. The Hall–Kier alpha value is -3.19. The summed E-state index contributed by atoms with van der Waals surface area (Å²) in [6.07, 6.45) is 3.44. The lowest BCUT2D eigenvalue weighted by molar-refractivity contribution is 0.0769. The molecule has 1 aliphatic heterocycles. The Morgan fingerprint density at radius 3 is 2.47 bits per heavy atom. The van der Waals surface area contributed by atoms with Crippen molar-refractivity contribution in [3.05, 3.63) is 81.6 Å². The Morgan fingerprint density at radius 2 is 1.89 bits per heavy atom. The first kappa shape index (κ1) is 25.9. The second kappa shape index (κ2) is 10.4. The Bertz CT molecular complexity index is 1420. The minimum Gasteiger partial charge on any atom is -0.474 e. The Labute approximate surface area is 219 Å². The first-order valence-corrected chi connectivity index (χ1v) is 13.6. The molecule has 2 aromatic heterocycles. The molecule has 0 bridgehead atoms. The van der Waals surface area contributed by atoms with E-state index in [4.69, 9.17) is 33.2 Å². The molecule has 1 aromatic carbocycles. The van der Waals surface area contributed by atoms with Crippen LogP contribution in [0.5, 0.6) is 5.88 Å². The van der Waals surface area contributed by atoms with Gasteiger partial charge in [0.2, 0.25) is 5.88 Å². The Kier molecular flexibility index (Phi) is 7.50. The van der Waals surface area contributed by atoms with E-state index < -0.39 is 9.84 Å². The van der Waals surface area contributed by atoms with E-state index in [1.807, 2.05) is 19.1 Å². The van der Waals surface area contributed by atoms with E-state index in [1.165, 1.54) is 24.5 Å². The molecule has 0 N–H and O–H groups in total. The lowest BCUT2D eigenvalue weighted by atomic mass is 9.86. The highest BCUT2D eigenvalue weighted by Gasteiger charge is 2.40. The van der Waals surface area contributed by atoms with Crippen molar-refractivity contribution in [3.8, 4) is 11.9 Å². The van der Waals surface area contributed by atoms with Crippen LogP contribution in [0.25, 0.3) is 0 Å². The summed E-state index contributed by atoms with van der Waals surface area (Å²) >= 11 is 12.4. The number of carbonyl (C=O) groups is 1. The van der Waals surface area contributed by atoms with Crippen LogP contribution in [0.1, 0.15) is 34.3 Å². The molecule has 3 unspecified atom stereocenters. The van der Waals surface area contributed by atoms with Crippen molar-refractivity contribution in [3.63, 3.8) is 0 Å². The van der Waals surface area contributed by atoms with Gasteiger partial charge in [-0.3, -0.25) is 4.79 Å². The fraction of sp³-hybridized carbons (Fsp3) is 0.280. The average Bonchev–Trinajstić information content (AvgIpc) is 3.31. The van der Waals surface area contributed by atoms with Crippen LogP contribution in [0, 0.1) is 17.2 Å². The monoisotopic (exact) mass is 544 g/mol. The van der Waals surface area contributed by atoms with Gasteiger partial charge in [0.15, 0.2) is 14.9 Å². The normalized spacial score (nSPS) is 18.5. The SMILES string of the molecule is CC(Oc1ccc(C#N)cn1)C1CN(C(=O)c2ccc(S(C)(=O)=O)nc2)CC1c1ccc(Cl)c(Cl)c1. The van der Waals surface area contributed by atoms with Crippen molar-refractivity contribution < 1.29 is 17.9 Å². The molecule has 0 aliphatic carbocycles. The molecule has 1 fully saturated rings. The summed E-state index contributed by atoms with van der Waals surface area (Å²) in [5.74, 6) is -0.120. The largest absolute Gasteiger partial charge is 0.474 e. The van der Waals surface area contributed by atoms with E-state index in [9.17, 15) is 13.2 Å². The standard InChI is InChI=1S/C25H22Cl2N4O4S/c1-15(35-23-7-3-16(10-28)11-29-23)19-13-31(14-20(19)17-4-6-21(26)22(27)9-17)25(32)18-5-8-24(30-12-18)36(2,33)34/h3-9,11-12,15,19-20H,13-14H2,1-2H3. The summed E-state index contributed by atoms with van der Waals surface area (Å²) in [5, 5.41) is 9.75. The van der Waals surface area contributed by atoms with Crippen LogP contribution < -0.4 is 4.74 Å². The fourth-order valence-corrected chi connectivity index (χ4v) is 5.13. The zero-order chi connectivity index (χ0) is 26.0. The van der Waals surface area contributed by atoms with Crippen molar-refractivity contribution in [2.75, 3.05) is 19.3 Å². The molecule has 3 heterocycles. The van der Waals surface area contributed by atoms with Gasteiger partial charge in [0.05, 0.1) is 21.2 Å². The van der Waals surface area contributed by atoms with Crippen LogP contribution in [0.3, 0.4) is 0 Å². The number of rotatable bonds is 6. The molecule has 1 aliphatic rings. The van der Waals surface area contributed by atoms with Crippen molar-refractivity contribution in [2.45, 2.75) is 24.0 Å². The highest BCUT2D eigenvalue weighted by molar-refractivity contribution is 7.90. The summed E-state index contributed by atoms with van der Waals surface area (Å²) in [7, 11) is -3.47. The first-order chi connectivity index (χ1) is 17.1. The van der Waals surface area contributed by atoms with Gasteiger partial charge in [-0.05, 0) is 42.8 Å². The maximum Gasteiger partial charge on any atom is 0.255 e. The van der Waals surface area contributed by atoms with Crippen LogP contribution in [0.2, 0.25) is 10.0 Å². The number of nitriles is 1. The minimum atomic E-state index is -3.47. The zero-order valence-electron chi connectivity index (χ0n) is 19.4. The number of halogens is 2. The molecule has 186 valence electrons. The number of benzene rings is 1. The number of hydrogen-bond donors (Lipinski definition) is 0. The second-order valence-electron chi connectivity index (χ2n) is 8.63. The van der Waals surface area contributed by atoms with E-state index in [1.54, 1.807) is 29.2 Å². The van der Waals surface area contributed by atoms with Crippen molar-refractivity contribution in [2.24, 2.45) is 5.92 Å². The lowest BCUT2D eigenvalue weighted by Crippen LogP contribution is -2.32. The maximum absolute atomic E-state index is 13.3. The summed E-state index contributed by atoms with van der Waals surface area (Å²) < 4.78 is 29.5. The number of hydrogen-bond acceptors (Lipinski definition) is 7. The van der Waals surface area contributed by atoms with Gasteiger partial charge in [-0.2, -0.15) is 5.26 Å². The van der Waals surface area contributed by atoms with Crippen molar-refractivity contribution in [1.82, 2.24) is 14.9 Å². The Morgan fingerprint density at radius 1 is 1.11 bits per heavy atom. The van der Waals surface area contributed by atoms with Gasteiger partial charge < -0.3 is 9.64 Å². The van der Waals surface area contributed by atoms with Crippen LogP contribution in [-0.4, -0.2) is 54.6 Å². The highest BCUT2D eigenvalue weighted by atomic mass is 35.5. The molecule has 4 rings (SSSR count). The van der Waals surface area contributed by atoms with Gasteiger partial charge in [-0.15, -0.1) is 0 Å². The van der Waals surface area contributed by atoms with Gasteiger partial charge in [-0.1, -0.05) is 29.3 Å². The number of likely N-dealkylation sites (tertiary alicyclic amines) is 1. The van der Waals surface area contributed by atoms with Crippen LogP contribution in [-0.2, 0) is 9.84 Å². The molecule has 1 saturated heterocycles. The second-order valence-corrected chi connectivity index (χ2v) is 11.4. The van der Waals surface area contributed by atoms with Gasteiger partial charge in [0, 0.05) is 49.6 Å². The van der Waals surface area contributed by atoms with Crippen molar-refractivity contribution >= 4 is 38.9 Å². The summed E-state index contributed by atoms with van der Waals surface area (Å²) in [6.45, 7) is 2.68. The van der Waals surface area contributed by atoms with Gasteiger partial charge in [0.25, 0.3) is 5.91 Å². The predicted molar refractivity (Wildman–Crippen MR) is 135 cm³/mol. The molecule has 3 atom stereocenters. The Balaban J connectivity index is 1.60. The summed E-state index contributed by atoms with van der Waals surface area (Å²) in [6, 6.07) is 13.5. The quantitative estimate of drug-likeness (QED) is 0.452. The predicted octanol–water partition coefficient (Wildman–Crippen LogP) is 4.38. The molecule has 3 aromatic rings. The number of ether oxygens (including phenoxy) is 1. The number of aromatic nitrogens is 2. The first-order valence-electron chi connectivity index (χ1n) is 11.0. The van der Waals surface area contributed by atoms with Crippen molar-refractivity contribution in [1.29, 1.82) is 5.26 Å². The third-order valence-corrected chi connectivity index (χ3v) is 7.90. The third-order valence-electron chi connectivity index (χ3n) is 6.16. The number of pyridine rings is 2. The van der Waals surface area contributed by atoms with Gasteiger partial charge in [0.1, 0.15) is 12.2 Å². The summed E-state index contributed by atoms with van der Waals surface area (Å²) in [5.41, 5.74) is 1.63. The topological polar surface area (TPSA) is 113 Å².